The Kier molecular flexibility index (Phi) is 7.79. The van der Waals surface area contributed by atoms with Crippen molar-refractivity contribution in [1.29, 1.82) is 0 Å². The molecular formula is C18H18IrNO3-. The van der Waals surface area contributed by atoms with Crippen molar-refractivity contribution in [3.8, 4) is 0 Å². The summed E-state index contributed by atoms with van der Waals surface area (Å²) in [5, 5.41) is 0. The van der Waals surface area contributed by atoms with Gasteiger partial charge in [-0.2, -0.15) is 0 Å². The van der Waals surface area contributed by atoms with Crippen molar-refractivity contribution < 1.29 is 34.4 Å². The van der Waals surface area contributed by atoms with Crippen LogP contribution in [-0.4, -0.2) is 29.6 Å². The Morgan fingerprint density at radius 1 is 1.17 bits per heavy atom. The molecule has 4 nitrogen and oxygen atoms in total. The van der Waals surface area contributed by atoms with Crippen LogP contribution in [0.3, 0.4) is 0 Å². The van der Waals surface area contributed by atoms with Crippen LogP contribution >= 0.6 is 0 Å². The monoisotopic (exact) mass is 489 g/mol. The van der Waals surface area contributed by atoms with Crippen LogP contribution in [-0.2, 0) is 34.4 Å². The van der Waals surface area contributed by atoms with Crippen molar-refractivity contribution in [2.75, 3.05) is 0 Å². The molecule has 1 aliphatic heterocycles. The normalized spacial score (nSPS) is 20.2. The molecule has 3 rings (SSSR count). The Balaban J connectivity index is 0.000000287. The van der Waals surface area contributed by atoms with Crippen molar-refractivity contribution in [3.63, 3.8) is 0 Å². The molecule has 5 heteroatoms. The summed E-state index contributed by atoms with van der Waals surface area (Å²) in [6, 6.07) is 11.0. The Morgan fingerprint density at radius 2 is 1.87 bits per heavy atom. The first kappa shape index (κ1) is 19.2. The SMILES string of the molecule is CC(=O)CC(C)=O.[Ir].[c-]1ccccc1C1=NC2C=CC=CC2O1. The predicted molar refractivity (Wildman–Crippen MR) is 84.7 cm³/mol. The summed E-state index contributed by atoms with van der Waals surface area (Å²) in [6.45, 7) is 2.81. The number of ether oxygens (including phenoxy) is 1. The van der Waals surface area contributed by atoms with Gasteiger partial charge >= 0.3 is 0 Å². The van der Waals surface area contributed by atoms with Crippen LogP contribution in [0.4, 0.5) is 0 Å². The fraction of sp³-hybridized carbons (Fsp3) is 0.278. The Labute approximate surface area is 149 Å². The topological polar surface area (TPSA) is 55.7 Å². The number of hydrogen-bond donors (Lipinski definition) is 0. The van der Waals surface area contributed by atoms with E-state index >= 15 is 0 Å². The van der Waals surface area contributed by atoms with Gasteiger partial charge in [-0.1, -0.05) is 23.8 Å². The van der Waals surface area contributed by atoms with E-state index < -0.39 is 0 Å². The number of aliphatic imine (C=N–C) groups is 1. The Bertz CT molecular complexity index is 623. The largest absolute Gasteiger partial charge is 0.510 e. The number of hydrogen-bond acceptors (Lipinski definition) is 4. The van der Waals surface area contributed by atoms with Gasteiger partial charge in [-0.05, 0) is 19.9 Å². The van der Waals surface area contributed by atoms with Crippen LogP contribution in [0.2, 0.25) is 0 Å². The van der Waals surface area contributed by atoms with E-state index in [2.05, 4.69) is 17.1 Å². The maximum absolute atomic E-state index is 10.0. The number of Topliss-reactive ketones (excluding diaryl/α,β-unsaturated/α-hetero) is 2. The molecule has 1 aromatic rings. The molecule has 1 heterocycles. The summed E-state index contributed by atoms with van der Waals surface area (Å²) >= 11 is 0. The van der Waals surface area contributed by atoms with Crippen LogP contribution in [0.1, 0.15) is 25.8 Å². The molecule has 2 unspecified atom stereocenters. The second kappa shape index (κ2) is 9.33. The fourth-order valence-corrected chi connectivity index (χ4v) is 2.11. The van der Waals surface area contributed by atoms with Crippen LogP contribution < -0.4 is 0 Å². The van der Waals surface area contributed by atoms with Gasteiger partial charge in [0.05, 0.1) is 6.42 Å². The van der Waals surface area contributed by atoms with E-state index in [1.165, 1.54) is 13.8 Å². The summed E-state index contributed by atoms with van der Waals surface area (Å²) in [5.74, 6) is 0.571. The van der Waals surface area contributed by atoms with Gasteiger partial charge in [0.1, 0.15) is 29.6 Å². The molecule has 0 amide bonds. The summed E-state index contributed by atoms with van der Waals surface area (Å²) in [5.41, 5.74) is 0.925. The van der Waals surface area contributed by atoms with Crippen LogP contribution in [0, 0.1) is 6.07 Å². The van der Waals surface area contributed by atoms with Gasteiger partial charge in [-0.25, -0.2) is 0 Å². The van der Waals surface area contributed by atoms with Crippen LogP contribution in [0.15, 0.2) is 53.6 Å². The quantitative estimate of drug-likeness (QED) is 0.486. The van der Waals surface area contributed by atoms with E-state index in [0.29, 0.717) is 5.90 Å². The Morgan fingerprint density at radius 3 is 2.39 bits per heavy atom. The minimum Gasteiger partial charge on any atom is -0.510 e. The number of ketones is 2. The molecule has 0 saturated heterocycles. The summed E-state index contributed by atoms with van der Waals surface area (Å²) < 4.78 is 5.73. The minimum atomic E-state index is -0.0625. The molecule has 1 aliphatic carbocycles. The van der Waals surface area contributed by atoms with Gasteiger partial charge in [-0.3, -0.25) is 14.6 Å². The van der Waals surface area contributed by atoms with Crippen molar-refractivity contribution in [1.82, 2.24) is 0 Å². The standard InChI is InChI=1S/C13H10NO.C5H8O2.Ir/c1-2-6-10(7-3-1)13-14-11-8-4-5-9-12(11)15-13;1-4(6)3-5(2)7;/h1-6,8-9,11-12H;3H2,1-2H3;/q-1;;. The third kappa shape index (κ3) is 6.05. The van der Waals surface area contributed by atoms with Crippen LogP contribution in [0.25, 0.3) is 0 Å². The molecule has 23 heavy (non-hydrogen) atoms. The molecule has 0 N–H and O–H groups in total. The number of fused-ring (bicyclic) bond motifs is 1. The number of nitrogens with zero attached hydrogens (tertiary/aromatic N) is 1. The van der Waals surface area contributed by atoms with Crippen molar-refractivity contribution in [2.24, 2.45) is 4.99 Å². The number of rotatable bonds is 3. The van der Waals surface area contributed by atoms with Gasteiger partial charge in [0, 0.05) is 20.1 Å². The summed E-state index contributed by atoms with van der Waals surface area (Å²) in [7, 11) is 0. The predicted octanol–water partition coefficient (Wildman–Crippen LogP) is 2.68. The van der Waals surface area contributed by atoms with Gasteiger partial charge in [0.2, 0.25) is 0 Å². The maximum Gasteiger partial charge on any atom is 0.137 e. The maximum atomic E-state index is 10.0. The van der Waals surface area contributed by atoms with Crippen LogP contribution in [0.5, 0.6) is 0 Å². The molecule has 123 valence electrons. The smallest absolute Gasteiger partial charge is 0.137 e. The number of benzene rings is 1. The number of allylic oxidation sites excluding steroid dienone is 2. The van der Waals surface area contributed by atoms with Crippen molar-refractivity contribution >= 4 is 17.5 Å². The molecule has 0 saturated carbocycles. The van der Waals surface area contributed by atoms with E-state index in [4.69, 9.17) is 4.74 Å². The van der Waals surface area contributed by atoms with Crippen molar-refractivity contribution in [3.05, 3.63) is 60.2 Å². The molecule has 0 aromatic heterocycles. The first-order valence-corrected chi connectivity index (χ1v) is 7.11. The third-order valence-electron chi connectivity index (χ3n) is 3.01. The zero-order valence-corrected chi connectivity index (χ0v) is 15.4. The minimum absolute atomic E-state index is 0. The van der Waals surface area contributed by atoms with E-state index in [-0.39, 0.29) is 50.2 Å². The van der Waals surface area contributed by atoms with Gasteiger partial charge in [0.15, 0.2) is 0 Å². The molecule has 1 aromatic carbocycles. The first-order valence-electron chi connectivity index (χ1n) is 7.11. The average Bonchev–Trinajstić information content (AvgIpc) is 2.91. The summed E-state index contributed by atoms with van der Waals surface area (Å²) in [4.78, 5) is 24.6. The molecule has 1 radical (unpaired) electrons. The number of carbonyl (C=O) groups excluding carboxylic acids is 2. The van der Waals surface area contributed by atoms with E-state index in [9.17, 15) is 9.59 Å². The third-order valence-corrected chi connectivity index (χ3v) is 3.01. The van der Waals surface area contributed by atoms with Gasteiger partial charge < -0.3 is 4.74 Å². The van der Waals surface area contributed by atoms with Gasteiger partial charge in [0.25, 0.3) is 0 Å². The Hall–Kier alpha value is -1.84. The van der Waals surface area contributed by atoms with E-state index in [1.807, 2.05) is 42.5 Å². The molecule has 2 aliphatic rings. The van der Waals surface area contributed by atoms with Crippen molar-refractivity contribution in [2.45, 2.75) is 32.4 Å². The second-order valence-electron chi connectivity index (χ2n) is 5.13. The molecule has 2 atom stereocenters. The molecule has 0 spiro atoms. The molecule has 0 bridgehead atoms. The second-order valence-corrected chi connectivity index (χ2v) is 5.13. The fourth-order valence-electron chi connectivity index (χ4n) is 2.11. The zero-order chi connectivity index (χ0) is 15.9. The first-order chi connectivity index (χ1) is 10.6. The molecule has 0 fully saturated rings. The summed E-state index contributed by atoms with van der Waals surface area (Å²) in [6.07, 6.45) is 8.24. The van der Waals surface area contributed by atoms with E-state index in [0.717, 1.165) is 5.56 Å². The average molecular weight is 489 g/mol. The zero-order valence-electron chi connectivity index (χ0n) is 13.0. The van der Waals surface area contributed by atoms with Gasteiger partial charge in [-0.15, -0.1) is 30.3 Å². The molecular weight excluding hydrogens is 470 g/mol. The van der Waals surface area contributed by atoms with E-state index in [1.54, 1.807) is 0 Å². The number of carbonyl (C=O) groups is 2.